The van der Waals surface area contributed by atoms with E-state index in [-0.39, 0.29) is 5.56 Å². The Morgan fingerprint density at radius 1 is 1.57 bits per heavy atom. The van der Waals surface area contributed by atoms with Gasteiger partial charge in [0.2, 0.25) is 0 Å². The van der Waals surface area contributed by atoms with Crippen molar-refractivity contribution in [2.75, 3.05) is 7.11 Å². The van der Waals surface area contributed by atoms with E-state index in [4.69, 9.17) is 9.84 Å². The molecule has 0 aliphatic heterocycles. The van der Waals surface area contributed by atoms with Crippen LogP contribution in [-0.4, -0.2) is 18.2 Å². The molecule has 76 valence electrons. The molecule has 0 radical (unpaired) electrons. The molecule has 0 heterocycles. The summed E-state index contributed by atoms with van der Waals surface area (Å²) in [5.41, 5.74) is 1.90. The largest absolute Gasteiger partial charge is 0.496 e. The molecule has 0 unspecified atom stereocenters. The molecule has 0 atom stereocenters. The van der Waals surface area contributed by atoms with Crippen LogP contribution in [0.5, 0.6) is 5.75 Å². The molecule has 4 heteroatoms. The van der Waals surface area contributed by atoms with Gasteiger partial charge >= 0.3 is 5.97 Å². The lowest BCUT2D eigenvalue weighted by Crippen LogP contribution is -2.04. The average molecular weight is 259 g/mol. The van der Waals surface area contributed by atoms with Crippen molar-refractivity contribution in [3.63, 3.8) is 0 Å². The van der Waals surface area contributed by atoms with Crippen LogP contribution >= 0.6 is 15.9 Å². The molecule has 1 aromatic carbocycles. The highest BCUT2D eigenvalue weighted by Gasteiger charge is 2.15. The number of alkyl halides is 1. The average Bonchev–Trinajstić information content (AvgIpc) is 2.16. The minimum atomic E-state index is -0.933. The minimum Gasteiger partial charge on any atom is -0.496 e. The number of rotatable bonds is 3. The summed E-state index contributed by atoms with van der Waals surface area (Å²) < 4.78 is 5.16. The number of hydrogen-bond acceptors (Lipinski definition) is 2. The van der Waals surface area contributed by atoms with Gasteiger partial charge in [-0.1, -0.05) is 22.0 Å². The van der Waals surface area contributed by atoms with E-state index in [0.29, 0.717) is 16.6 Å². The Labute approximate surface area is 90.8 Å². The van der Waals surface area contributed by atoms with E-state index in [1.807, 2.05) is 6.92 Å². The van der Waals surface area contributed by atoms with Crippen LogP contribution in [0.4, 0.5) is 0 Å². The third-order valence-electron chi connectivity index (χ3n) is 2.03. The minimum absolute atomic E-state index is 0.282. The second-order valence-electron chi connectivity index (χ2n) is 2.88. The van der Waals surface area contributed by atoms with Crippen LogP contribution in [0.15, 0.2) is 12.1 Å². The fourth-order valence-corrected chi connectivity index (χ4v) is 1.92. The van der Waals surface area contributed by atoms with Crippen molar-refractivity contribution in [1.82, 2.24) is 0 Å². The predicted octanol–water partition coefficient (Wildman–Crippen LogP) is 2.60. The summed E-state index contributed by atoms with van der Waals surface area (Å²) >= 11 is 3.26. The zero-order chi connectivity index (χ0) is 10.7. The normalized spacial score (nSPS) is 9.93. The molecule has 14 heavy (non-hydrogen) atoms. The Balaban J connectivity index is 3.40. The number of carboxylic acid groups (broad SMARTS) is 1. The van der Waals surface area contributed by atoms with Gasteiger partial charge in [0, 0.05) is 10.9 Å². The quantitative estimate of drug-likeness (QED) is 0.848. The highest BCUT2D eigenvalue weighted by Crippen LogP contribution is 2.28. The zero-order valence-electron chi connectivity index (χ0n) is 8.00. The first kappa shape index (κ1) is 11.0. The summed E-state index contributed by atoms with van der Waals surface area (Å²) in [6.07, 6.45) is 0. The molecular weight excluding hydrogens is 248 g/mol. The lowest BCUT2D eigenvalue weighted by molar-refractivity contribution is 0.0695. The summed E-state index contributed by atoms with van der Waals surface area (Å²) in [5, 5.41) is 9.40. The topological polar surface area (TPSA) is 46.5 Å². The van der Waals surface area contributed by atoms with E-state index < -0.39 is 5.97 Å². The fourth-order valence-electron chi connectivity index (χ4n) is 1.36. The van der Waals surface area contributed by atoms with Gasteiger partial charge in [-0.15, -0.1) is 0 Å². The van der Waals surface area contributed by atoms with Gasteiger partial charge in [0.1, 0.15) is 5.75 Å². The van der Waals surface area contributed by atoms with E-state index in [0.717, 1.165) is 5.56 Å². The smallest absolute Gasteiger partial charge is 0.336 e. The van der Waals surface area contributed by atoms with E-state index in [1.54, 1.807) is 19.2 Å². The van der Waals surface area contributed by atoms with Crippen molar-refractivity contribution in [3.8, 4) is 5.75 Å². The lowest BCUT2D eigenvalue weighted by Gasteiger charge is -2.11. The molecule has 3 nitrogen and oxygen atoms in total. The van der Waals surface area contributed by atoms with Crippen molar-refractivity contribution in [2.24, 2.45) is 0 Å². The number of methoxy groups -OCH3 is 1. The van der Waals surface area contributed by atoms with Gasteiger partial charge in [0.05, 0.1) is 12.7 Å². The van der Waals surface area contributed by atoms with Crippen molar-refractivity contribution in [2.45, 2.75) is 12.3 Å². The van der Waals surface area contributed by atoms with Crippen LogP contribution < -0.4 is 4.74 Å². The number of aromatic carboxylic acids is 1. The number of hydrogen-bond donors (Lipinski definition) is 1. The van der Waals surface area contributed by atoms with Gasteiger partial charge in [0.15, 0.2) is 0 Å². The van der Waals surface area contributed by atoms with Crippen LogP contribution in [0.25, 0.3) is 0 Å². The second-order valence-corrected chi connectivity index (χ2v) is 3.44. The second kappa shape index (κ2) is 4.46. The fraction of sp³-hybridized carbons (Fsp3) is 0.300. The maximum Gasteiger partial charge on any atom is 0.336 e. The highest BCUT2D eigenvalue weighted by molar-refractivity contribution is 9.08. The zero-order valence-corrected chi connectivity index (χ0v) is 9.59. The van der Waals surface area contributed by atoms with Crippen LogP contribution in [0, 0.1) is 6.92 Å². The summed E-state index contributed by atoms with van der Waals surface area (Å²) in [7, 11) is 1.54. The molecule has 1 N–H and O–H groups in total. The van der Waals surface area contributed by atoms with Crippen molar-refractivity contribution in [1.29, 1.82) is 0 Å². The van der Waals surface area contributed by atoms with Crippen LogP contribution in [-0.2, 0) is 5.33 Å². The molecule has 0 spiro atoms. The summed E-state index contributed by atoms with van der Waals surface area (Å²) in [4.78, 5) is 10.9. The van der Waals surface area contributed by atoms with E-state index >= 15 is 0 Å². The van der Waals surface area contributed by atoms with Crippen LogP contribution in [0.2, 0.25) is 0 Å². The molecule has 1 aromatic rings. The summed E-state index contributed by atoms with van der Waals surface area (Å²) in [5.74, 6) is -0.292. The van der Waals surface area contributed by atoms with Crippen molar-refractivity contribution in [3.05, 3.63) is 28.8 Å². The molecule has 0 saturated heterocycles. The summed E-state index contributed by atoms with van der Waals surface area (Å²) in [6, 6.07) is 3.34. The van der Waals surface area contributed by atoms with E-state index in [2.05, 4.69) is 15.9 Å². The van der Waals surface area contributed by atoms with E-state index in [1.165, 1.54) is 0 Å². The Kier molecular flexibility index (Phi) is 3.52. The first-order valence-corrected chi connectivity index (χ1v) is 5.19. The van der Waals surface area contributed by atoms with Gasteiger partial charge in [-0.05, 0) is 18.6 Å². The van der Waals surface area contributed by atoms with Gasteiger partial charge in [0.25, 0.3) is 0 Å². The molecule has 0 aromatic heterocycles. The first-order valence-electron chi connectivity index (χ1n) is 4.07. The highest BCUT2D eigenvalue weighted by atomic mass is 79.9. The van der Waals surface area contributed by atoms with Crippen LogP contribution in [0.3, 0.4) is 0 Å². The predicted molar refractivity (Wildman–Crippen MR) is 57.3 cm³/mol. The Hall–Kier alpha value is -1.03. The number of ether oxygens (including phenoxy) is 1. The molecule has 0 fully saturated rings. The number of benzene rings is 1. The molecule has 1 rings (SSSR count). The van der Waals surface area contributed by atoms with Gasteiger partial charge in [-0.2, -0.15) is 0 Å². The Morgan fingerprint density at radius 2 is 2.21 bits per heavy atom. The van der Waals surface area contributed by atoms with Gasteiger partial charge in [-0.3, -0.25) is 0 Å². The summed E-state index contributed by atoms with van der Waals surface area (Å²) in [6.45, 7) is 1.89. The molecule has 0 aliphatic rings. The number of halogens is 1. The third kappa shape index (κ3) is 1.90. The molecular formula is C10H11BrO3. The first-order chi connectivity index (χ1) is 6.61. The third-order valence-corrected chi connectivity index (χ3v) is 2.59. The Morgan fingerprint density at radius 3 is 2.64 bits per heavy atom. The SMILES string of the molecule is COc1c(C)ccc(C(=O)O)c1CBr. The molecule has 0 bridgehead atoms. The van der Waals surface area contributed by atoms with Gasteiger partial charge < -0.3 is 9.84 Å². The number of carboxylic acids is 1. The molecule has 0 amide bonds. The Bertz CT molecular complexity index is 361. The molecule has 0 aliphatic carbocycles. The monoisotopic (exact) mass is 258 g/mol. The van der Waals surface area contributed by atoms with Crippen LogP contribution in [0.1, 0.15) is 21.5 Å². The lowest BCUT2D eigenvalue weighted by atomic mass is 10.0. The standard InChI is InChI=1S/C10H11BrO3/c1-6-3-4-7(10(12)13)8(5-11)9(6)14-2/h3-4H,5H2,1-2H3,(H,12,13). The molecule has 0 saturated carbocycles. The number of aryl methyl sites for hydroxylation is 1. The van der Waals surface area contributed by atoms with E-state index in [9.17, 15) is 4.79 Å². The maximum absolute atomic E-state index is 10.9. The van der Waals surface area contributed by atoms with Crippen molar-refractivity contribution >= 4 is 21.9 Å². The van der Waals surface area contributed by atoms with Crippen molar-refractivity contribution < 1.29 is 14.6 Å². The number of carbonyl (C=O) groups is 1. The maximum atomic E-state index is 10.9. The van der Waals surface area contributed by atoms with Gasteiger partial charge in [-0.25, -0.2) is 4.79 Å².